The van der Waals surface area contributed by atoms with E-state index in [1.807, 2.05) is 24.3 Å². The van der Waals surface area contributed by atoms with Crippen LogP contribution in [-0.4, -0.2) is 35.2 Å². The van der Waals surface area contributed by atoms with E-state index in [-0.39, 0.29) is 18.1 Å². The Balaban J connectivity index is 1.81. The van der Waals surface area contributed by atoms with Gasteiger partial charge < -0.3 is 9.47 Å². The maximum atomic E-state index is 12.6. The van der Waals surface area contributed by atoms with Crippen molar-refractivity contribution in [1.29, 1.82) is 0 Å². The Kier molecular flexibility index (Phi) is 7.58. The Morgan fingerprint density at radius 3 is 2.73 bits per heavy atom. The molecule has 2 aromatic carbocycles. The number of hydrogen-bond donors (Lipinski definition) is 0. The molecule has 0 unspecified atom stereocenters. The standard InChI is InChI=1S/C21H17BrClNO5S/c1-2-28-19(25)11-24-20(26)18(30-21(24)27)10-14-9-15(22)7-8-17(14)29-12-13-5-3-4-6-16(13)23/h3-10H,2,11-12H2,1H3/b18-10+. The van der Waals surface area contributed by atoms with Gasteiger partial charge in [0, 0.05) is 20.6 Å². The maximum absolute atomic E-state index is 12.6. The van der Waals surface area contributed by atoms with E-state index in [2.05, 4.69) is 15.9 Å². The van der Waals surface area contributed by atoms with Gasteiger partial charge in [0.1, 0.15) is 18.9 Å². The van der Waals surface area contributed by atoms with E-state index in [1.165, 1.54) is 0 Å². The lowest BCUT2D eigenvalue weighted by Crippen LogP contribution is -2.34. The molecule has 156 valence electrons. The van der Waals surface area contributed by atoms with Gasteiger partial charge in [0.15, 0.2) is 0 Å². The number of thioether (sulfide) groups is 1. The molecule has 1 aliphatic heterocycles. The van der Waals surface area contributed by atoms with Gasteiger partial charge in [-0.25, -0.2) is 0 Å². The van der Waals surface area contributed by atoms with Crippen molar-refractivity contribution in [2.24, 2.45) is 0 Å². The molecule has 9 heteroatoms. The minimum absolute atomic E-state index is 0.176. The van der Waals surface area contributed by atoms with Crippen molar-refractivity contribution < 1.29 is 23.9 Å². The number of imide groups is 1. The van der Waals surface area contributed by atoms with Gasteiger partial charge in [0.2, 0.25) is 0 Å². The van der Waals surface area contributed by atoms with E-state index in [4.69, 9.17) is 21.1 Å². The molecule has 0 aliphatic carbocycles. The van der Waals surface area contributed by atoms with E-state index < -0.39 is 23.7 Å². The fourth-order valence-corrected chi connectivity index (χ4v) is 4.05. The van der Waals surface area contributed by atoms with Crippen molar-refractivity contribution in [2.75, 3.05) is 13.2 Å². The predicted octanol–water partition coefficient (Wildman–Crippen LogP) is 5.28. The Morgan fingerprint density at radius 1 is 1.23 bits per heavy atom. The van der Waals surface area contributed by atoms with Gasteiger partial charge >= 0.3 is 5.97 Å². The van der Waals surface area contributed by atoms with Crippen molar-refractivity contribution in [3.05, 3.63) is 68.0 Å². The first kappa shape index (κ1) is 22.4. The second-order valence-electron chi connectivity index (χ2n) is 6.14. The Hall–Kier alpha value is -2.29. The number of nitrogens with zero attached hydrogens (tertiary/aromatic N) is 1. The predicted molar refractivity (Wildman–Crippen MR) is 119 cm³/mol. The summed E-state index contributed by atoms with van der Waals surface area (Å²) in [5.41, 5.74) is 1.43. The molecule has 0 saturated carbocycles. The van der Waals surface area contributed by atoms with E-state index in [1.54, 1.807) is 31.2 Å². The van der Waals surface area contributed by atoms with Crippen LogP contribution >= 0.6 is 39.3 Å². The van der Waals surface area contributed by atoms with E-state index in [0.717, 1.165) is 26.7 Å². The molecule has 0 radical (unpaired) electrons. The lowest BCUT2D eigenvalue weighted by Gasteiger charge is -2.12. The molecule has 3 rings (SSSR count). The summed E-state index contributed by atoms with van der Waals surface area (Å²) in [6.07, 6.45) is 1.57. The molecule has 6 nitrogen and oxygen atoms in total. The first-order valence-electron chi connectivity index (χ1n) is 8.95. The number of hydrogen-bond acceptors (Lipinski definition) is 6. The number of amides is 2. The number of benzene rings is 2. The Bertz CT molecular complexity index is 1030. The van der Waals surface area contributed by atoms with Crippen LogP contribution in [0.1, 0.15) is 18.1 Å². The summed E-state index contributed by atoms with van der Waals surface area (Å²) in [5, 5.41) is 0.0732. The molecule has 0 aromatic heterocycles. The summed E-state index contributed by atoms with van der Waals surface area (Å²) in [6.45, 7) is 1.66. The monoisotopic (exact) mass is 509 g/mol. The van der Waals surface area contributed by atoms with Crippen LogP contribution in [0, 0.1) is 0 Å². The fourth-order valence-electron chi connectivity index (χ4n) is 2.65. The van der Waals surface area contributed by atoms with Crippen LogP contribution in [0.3, 0.4) is 0 Å². The number of carbonyl (C=O) groups is 3. The van der Waals surface area contributed by atoms with E-state index in [9.17, 15) is 14.4 Å². The van der Waals surface area contributed by atoms with Crippen LogP contribution in [0.5, 0.6) is 5.75 Å². The summed E-state index contributed by atoms with van der Waals surface area (Å²) in [4.78, 5) is 37.5. The molecule has 1 saturated heterocycles. The largest absolute Gasteiger partial charge is 0.488 e. The van der Waals surface area contributed by atoms with Crippen LogP contribution in [0.15, 0.2) is 51.8 Å². The minimum Gasteiger partial charge on any atom is -0.488 e. The molecule has 1 fully saturated rings. The van der Waals surface area contributed by atoms with Crippen LogP contribution in [0.2, 0.25) is 5.02 Å². The Morgan fingerprint density at radius 2 is 2.00 bits per heavy atom. The third-order valence-electron chi connectivity index (χ3n) is 4.07. The minimum atomic E-state index is -0.632. The van der Waals surface area contributed by atoms with Crippen molar-refractivity contribution >= 4 is 62.5 Å². The average molecular weight is 511 g/mol. The van der Waals surface area contributed by atoms with Gasteiger partial charge in [-0.2, -0.15) is 0 Å². The quantitative estimate of drug-likeness (QED) is 0.373. The number of rotatable bonds is 7. The zero-order valence-corrected chi connectivity index (χ0v) is 19.1. The van der Waals surface area contributed by atoms with Crippen molar-refractivity contribution in [3.63, 3.8) is 0 Å². The van der Waals surface area contributed by atoms with Crippen molar-refractivity contribution in [3.8, 4) is 5.75 Å². The van der Waals surface area contributed by atoms with Crippen molar-refractivity contribution in [1.82, 2.24) is 4.90 Å². The molecule has 0 bridgehead atoms. The Labute approximate surface area is 191 Å². The van der Waals surface area contributed by atoms with Crippen molar-refractivity contribution in [2.45, 2.75) is 13.5 Å². The average Bonchev–Trinajstić information content (AvgIpc) is 2.96. The first-order chi connectivity index (χ1) is 14.4. The smallest absolute Gasteiger partial charge is 0.326 e. The fraction of sp³-hybridized carbons (Fsp3) is 0.190. The normalized spacial score (nSPS) is 15.0. The highest BCUT2D eigenvalue weighted by Gasteiger charge is 2.36. The maximum Gasteiger partial charge on any atom is 0.326 e. The van der Waals surface area contributed by atoms with Crippen LogP contribution in [-0.2, 0) is 20.9 Å². The highest BCUT2D eigenvalue weighted by Crippen LogP contribution is 2.35. The molecular weight excluding hydrogens is 494 g/mol. The summed E-state index contributed by atoms with van der Waals surface area (Å²) < 4.78 is 11.5. The van der Waals surface area contributed by atoms with E-state index in [0.29, 0.717) is 16.3 Å². The number of carbonyl (C=O) groups excluding carboxylic acids is 3. The van der Waals surface area contributed by atoms with Gasteiger partial charge in [-0.1, -0.05) is 45.7 Å². The third-order valence-corrected chi connectivity index (χ3v) is 5.83. The zero-order valence-electron chi connectivity index (χ0n) is 15.9. The molecule has 30 heavy (non-hydrogen) atoms. The van der Waals surface area contributed by atoms with Crippen LogP contribution < -0.4 is 4.74 Å². The number of halogens is 2. The molecule has 2 aromatic rings. The molecule has 1 heterocycles. The summed E-state index contributed by atoms with van der Waals surface area (Å²) in [5.74, 6) is -0.655. The molecule has 0 atom stereocenters. The molecule has 0 spiro atoms. The molecule has 2 amide bonds. The summed E-state index contributed by atoms with van der Waals surface area (Å²) in [6, 6.07) is 12.7. The van der Waals surface area contributed by atoms with Gasteiger partial charge in [-0.3, -0.25) is 19.3 Å². The second kappa shape index (κ2) is 10.1. The lowest BCUT2D eigenvalue weighted by molar-refractivity contribution is -0.145. The molecule has 0 N–H and O–H groups in total. The van der Waals surface area contributed by atoms with Crippen LogP contribution in [0.25, 0.3) is 6.08 Å². The highest BCUT2D eigenvalue weighted by atomic mass is 79.9. The number of ether oxygens (including phenoxy) is 2. The highest BCUT2D eigenvalue weighted by molar-refractivity contribution is 9.10. The van der Waals surface area contributed by atoms with Gasteiger partial charge in [-0.05, 0) is 49.0 Å². The van der Waals surface area contributed by atoms with Gasteiger partial charge in [0.05, 0.1) is 11.5 Å². The zero-order chi connectivity index (χ0) is 21.7. The summed E-state index contributed by atoms with van der Waals surface area (Å²) >= 11 is 10.4. The topological polar surface area (TPSA) is 72.9 Å². The SMILES string of the molecule is CCOC(=O)CN1C(=O)S/C(=C/c2cc(Br)ccc2OCc2ccccc2Cl)C1=O. The van der Waals surface area contributed by atoms with E-state index >= 15 is 0 Å². The lowest BCUT2D eigenvalue weighted by atomic mass is 10.1. The number of esters is 1. The molecule has 1 aliphatic rings. The summed E-state index contributed by atoms with van der Waals surface area (Å²) in [7, 11) is 0. The second-order valence-corrected chi connectivity index (χ2v) is 8.45. The first-order valence-corrected chi connectivity index (χ1v) is 10.9. The third kappa shape index (κ3) is 5.44. The molecular formula is C21H17BrClNO5S. The van der Waals surface area contributed by atoms with Crippen LogP contribution in [0.4, 0.5) is 4.79 Å². The van der Waals surface area contributed by atoms with Gasteiger partial charge in [-0.15, -0.1) is 0 Å². The van der Waals surface area contributed by atoms with Gasteiger partial charge in [0.25, 0.3) is 11.1 Å².